The molecule has 1 N–H and O–H groups in total. The Kier molecular flexibility index (Phi) is 5.95. The minimum Gasteiger partial charge on any atom is -0.495 e. The van der Waals surface area contributed by atoms with Crippen LogP contribution in [0.5, 0.6) is 5.75 Å². The van der Waals surface area contributed by atoms with Crippen molar-refractivity contribution >= 4 is 57.2 Å². The van der Waals surface area contributed by atoms with Crippen molar-refractivity contribution in [2.24, 2.45) is 11.8 Å². The molecule has 7 nitrogen and oxygen atoms in total. The molecule has 2 fully saturated rings. The van der Waals surface area contributed by atoms with E-state index >= 15 is 0 Å². The van der Waals surface area contributed by atoms with Gasteiger partial charge >= 0.3 is 0 Å². The summed E-state index contributed by atoms with van der Waals surface area (Å²) in [5.74, 6) is 1.20. The third-order valence-electron chi connectivity index (χ3n) is 6.54. The van der Waals surface area contributed by atoms with E-state index in [-0.39, 0.29) is 21.6 Å². The quantitative estimate of drug-likeness (QED) is 0.395. The molecule has 2 saturated heterocycles. The van der Waals surface area contributed by atoms with Gasteiger partial charge in [0.05, 0.1) is 34.0 Å². The van der Waals surface area contributed by atoms with Crippen LogP contribution in [0.15, 0.2) is 43.2 Å². The number of amides is 1. The molecule has 176 valence electrons. The Morgan fingerprint density at radius 2 is 1.94 bits per heavy atom. The molecule has 2 unspecified atom stereocenters. The van der Waals surface area contributed by atoms with Crippen LogP contribution in [0.3, 0.4) is 0 Å². The lowest BCUT2D eigenvalue weighted by molar-refractivity contribution is -0.125. The van der Waals surface area contributed by atoms with E-state index in [1.807, 2.05) is 17.0 Å². The molecule has 2 aliphatic heterocycles. The Morgan fingerprint density at radius 3 is 2.62 bits per heavy atom. The first-order valence-electron chi connectivity index (χ1n) is 10.8. The summed E-state index contributed by atoms with van der Waals surface area (Å²) in [7, 11) is 1.62. The molecule has 2 aliphatic rings. The number of fused-ring (bicyclic) bond motifs is 2. The number of rotatable bonds is 5. The number of methoxy groups -OCH3 is 1. The fourth-order valence-corrected chi connectivity index (χ4v) is 5.14. The Balaban J connectivity index is 1.48. The average Bonchev–Trinajstić information content (AvgIpc) is 3.43. The van der Waals surface area contributed by atoms with Crippen LogP contribution in [0, 0.1) is 17.7 Å². The second-order valence-corrected chi connectivity index (χ2v) is 9.27. The van der Waals surface area contributed by atoms with Crippen molar-refractivity contribution in [3.05, 3.63) is 59.1 Å². The van der Waals surface area contributed by atoms with E-state index in [9.17, 15) is 9.18 Å². The zero-order chi connectivity index (χ0) is 24.0. The van der Waals surface area contributed by atoms with Crippen molar-refractivity contribution in [1.29, 1.82) is 0 Å². The topological polar surface area (TPSA) is 70.6 Å². The number of hydrogen-bond donors (Lipinski definition) is 1. The monoisotopic (exact) mass is 501 g/mol. The van der Waals surface area contributed by atoms with Gasteiger partial charge in [0.2, 0.25) is 5.91 Å². The number of anilines is 3. The van der Waals surface area contributed by atoms with E-state index < -0.39 is 5.82 Å². The van der Waals surface area contributed by atoms with E-state index in [0.29, 0.717) is 47.4 Å². The molecule has 2 atom stereocenters. The summed E-state index contributed by atoms with van der Waals surface area (Å²) in [4.78, 5) is 24.8. The van der Waals surface area contributed by atoms with E-state index in [2.05, 4.69) is 26.8 Å². The maximum absolute atomic E-state index is 14.7. The van der Waals surface area contributed by atoms with Crippen molar-refractivity contribution < 1.29 is 13.9 Å². The first-order chi connectivity index (χ1) is 16.4. The molecule has 0 bridgehead atoms. The van der Waals surface area contributed by atoms with Gasteiger partial charge in [0.1, 0.15) is 17.9 Å². The highest BCUT2D eigenvalue weighted by Gasteiger charge is 2.41. The van der Waals surface area contributed by atoms with Gasteiger partial charge in [-0.3, -0.25) is 4.79 Å². The molecule has 5 rings (SSSR count). The van der Waals surface area contributed by atoms with Gasteiger partial charge in [-0.25, -0.2) is 14.4 Å². The van der Waals surface area contributed by atoms with Crippen LogP contribution in [0.2, 0.25) is 10.0 Å². The molecule has 0 radical (unpaired) electrons. The van der Waals surface area contributed by atoms with Gasteiger partial charge in [0.25, 0.3) is 0 Å². The van der Waals surface area contributed by atoms with Gasteiger partial charge in [-0.15, -0.1) is 0 Å². The number of nitrogens with one attached hydrogen (secondary N) is 1. The molecule has 2 aromatic carbocycles. The standard InChI is InChI=1S/C24H22Cl2FN5O2/c1-3-21(33)32-10-13-8-31(9-14(13)11-32)19-6-15-18(7-20(19)34-2)28-12-29-24(15)30-17-5-4-16(25)22(26)23(17)27/h3-7,12-14H,1,8-11H2,2H3,(H,28,29,30). The minimum absolute atomic E-state index is 0.0216. The summed E-state index contributed by atoms with van der Waals surface area (Å²) in [6.07, 6.45) is 2.78. The fourth-order valence-electron chi connectivity index (χ4n) is 4.83. The van der Waals surface area contributed by atoms with Crippen LogP contribution in [0.4, 0.5) is 21.6 Å². The first-order valence-corrected chi connectivity index (χ1v) is 11.5. The number of ether oxygens (including phenoxy) is 1. The molecule has 0 aliphatic carbocycles. The number of hydrogen-bond acceptors (Lipinski definition) is 6. The van der Waals surface area contributed by atoms with Crippen LogP contribution in [-0.2, 0) is 4.79 Å². The zero-order valence-corrected chi connectivity index (χ0v) is 19.9. The molecule has 0 saturated carbocycles. The van der Waals surface area contributed by atoms with E-state index in [0.717, 1.165) is 18.8 Å². The number of likely N-dealkylation sites (tertiary alicyclic amines) is 1. The van der Waals surface area contributed by atoms with Crippen molar-refractivity contribution in [3.63, 3.8) is 0 Å². The van der Waals surface area contributed by atoms with Gasteiger partial charge in [-0.2, -0.15) is 0 Å². The number of aromatic nitrogens is 2. The molecule has 0 spiro atoms. The number of benzene rings is 2. The van der Waals surface area contributed by atoms with E-state index in [1.165, 1.54) is 24.5 Å². The third kappa shape index (κ3) is 3.91. The Labute approximate surface area is 206 Å². The van der Waals surface area contributed by atoms with Gasteiger partial charge in [0.15, 0.2) is 5.82 Å². The van der Waals surface area contributed by atoms with Crippen LogP contribution in [0.1, 0.15) is 0 Å². The fraction of sp³-hybridized carbons (Fsp3) is 0.292. The van der Waals surface area contributed by atoms with Gasteiger partial charge < -0.3 is 19.9 Å². The summed E-state index contributed by atoms with van der Waals surface area (Å²) in [6, 6.07) is 6.85. The Morgan fingerprint density at radius 1 is 1.21 bits per heavy atom. The smallest absolute Gasteiger partial charge is 0.245 e. The average molecular weight is 502 g/mol. The SMILES string of the molecule is C=CC(=O)N1CC2CN(c3cc4c(Nc5ccc(Cl)c(Cl)c5F)ncnc4cc3OC)CC2C1. The van der Waals surface area contributed by atoms with Crippen LogP contribution in [-0.4, -0.2) is 54.1 Å². The molecule has 3 aromatic rings. The number of nitrogens with zero attached hydrogens (tertiary/aromatic N) is 4. The molecule has 34 heavy (non-hydrogen) atoms. The van der Waals surface area contributed by atoms with Crippen LogP contribution in [0.25, 0.3) is 10.9 Å². The molecular formula is C24H22Cl2FN5O2. The zero-order valence-electron chi connectivity index (χ0n) is 18.4. The Bertz CT molecular complexity index is 1290. The van der Waals surface area contributed by atoms with E-state index in [4.69, 9.17) is 27.9 Å². The second kappa shape index (κ2) is 8.92. The molecular weight excluding hydrogens is 480 g/mol. The van der Waals surface area contributed by atoms with Crippen molar-refractivity contribution in [3.8, 4) is 5.75 Å². The van der Waals surface area contributed by atoms with Gasteiger partial charge in [-0.05, 0) is 24.3 Å². The van der Waals surface area contributed by atoms with E-state index in [1.54, 1.807) is 7.11 Å². The normalized spacial score (nSPS) is 19.4. The van der Waals surface area contributed by atoms with Gasteiger partial charge in [0, 0.05) is 49.5 Å². The maximum atomic E-state index is 14.7. The summed E-state index contributed by atoms with van der Waals surface area (Å²) in [5, 5.41) is 3.72. The highest BCUT2D eigenvalue weighted by atomic mass is 35.5. The maximum Gasteiger partial charge on any atom is 0.245 e. The largest absolute Gasteiger partial charge is 0.495 e. The summed E-state index contributed by atoms with van der Waals surface area (Å²) in [5.41, 5.74) is 1.72. The Hall–Kier alpha value is -3.10. The molecule has 3 heterocycles. The molecule has 1 amide bonds. The van der Waals surface area contributed by atoms with Crippen molar-refractivity contribution in [1.82, 2.24) is 14.9 Å². The van der Waals surface area contributed by atoms with Crippen LogP contribution >= 0.6 is 23.2 Å². The predicted octanol–water partition coefficient (Wildman–Crippen LogP) is 4.91. The van der Waals surface area contributed by atoms with Crippen molar-refractivity contribution in [2.45, 2.75) is 0 Å². The number of carbonyl (C=O) groups excluding carboxylic acids is 1. The third-order valence-corrected chi connectivity index (χ3v) is 7.32. The lowest BCUT2D eigenvalue weighted by Crippen LogP contribution is -2.32. The lowest BCUT2D eigenvalue weighted by Gasteiger charge is -2.25. The first kappa shape index (κ1) is 22.7. The predicted molar refractivity (Wildman–Crippen MR) is 132 cm³/mol. The van der Waals surface area contributed by atoms with Crippen molar-refractivity contribution in [2.75, 3.05) is 43.5 Å². The second-order valence-electron chi connectivity index (χ2n) is 8.48. The molecule has 1 aromatic heterocycles. The highest BCUT2D eigenvalue weighted by Crippen LogP contribution is 2.41. The summed E-state index contributed by atoms with van der Waals surface area (Å²) < 4.78 is 20.3. The lowest BCUT2D eigenvalue weighted by atomic mass is 10.0. The minimum atomic E-state index is -0.652. The highest BCUT2D eigenvalue weighted by molar-refractivity contribution is 6.42. The number of halogens is 3. The summed E-state index contributed by atoms with van der Waals surface area (Å²) in [6.45, 7) is 6.62. The molecule has 10 heteroatoms. The summed E-state index contributed by atoms with van der Waals surface area (Å²) >= 11 is 11.9. The van der Waals surface area contributed by atoms with Gasteiger partial charge in [-0.1, -0.05) is 29.8 Å². The number of carbonyl (C=O) groups is 1. The van der Waals surface area contributed by atoms with Crippen LogP contribution < -0.4 is 15.0 Å².